The Kier molecular flexibility index (Phi) is 7.98. The average molecular weight is 332 g/mol. The van der Waals surface area contributed by atoms with Gasteiger partial charge in [0.15, 0.2) is 0 Å². The molecule has 1 aromatic rings. The summed E-state index contributed by atoms with van der Waals surface area (Å²) >= 11 is 5.41. The van der Waals surface area contributed by atoms with Gasteiger partial charge in [-0.15, -0.1) is 11.8 Å². The highest BCUT2D eigenvalue weighted by Gasteiger charge is 2.07. The molecule has 1 atom stereocenters. The fraction of sp³-hybridized carbons (Fsp3) is 0.571. The van der Waals surface area contributed by atoms with Gasteiger partial charge in [0.1, 0.15) is 0 Å². The van der Waals surface area contributed by atoms with Crippen molar-refractivity contribution >= 4 is 27.7 Å². The van der Waals surface area contributed by atoms with Crippen LogP contribution in [0.15, 0.2) is 27.6 Å². The third-order valence-corrected chi connectivity index (χ3v) is 4.79. The fourth-order valence-electron chi connectivity index (χ4n) is 1.63. The summed E-state index contributed by atoms with van der Waals surface area (Å²) in [6, 6.07) is 6.91. The quantitative estimate of drug-likeness (QED) is 0.558. The third kappa shape index (κ3) is 5.31. The summed E-state index contributed by atoms with van der Waals surface area (Å²) in [7, 11) is 0. The molecule has 0 aliphatic carbocycles. The van der Waals surface area contributed by atoms with Crippen LogP contribution in [-0.2, 0) is 0 Å². The number of hydrogen-bond donors (Lipinski definition) is 2. The van der Waals surface area contributed by atoms with E-state index in [9.17, 15) is 0 Å². The minimum atomic E-state index is 0.265. The molecular weight excluding hydrogens is 310 g/mol. The van der Waals surface area contributed by atoms with Crippen molar-refractivity contribution in [3.05, 3.63) is 28.2 Å². The van der Waals surface area contributed by atoms with Crippen LogP contribution in [0.3, 0.4) is 0 Å². The summed E-state index contributed by atoms with van der Waals surface area (Å²) in [5.74, 6) is 0.956. The van der Waals surface area contributed by atoms with E-state index in [1.54, 1.807) is 11.8 Å². The number of halogens is 1. The Bertz CT molecular complexity index is 360. The van der Waals surface area contributed by atoms with E-state index >= 15 is 0 Å². The lowest BCUT2D eigenvalue weighted by Gasteiger charge is -2.15. The van der Waals surface area contributed by atoms with Gasteiger partial charge in [0, 0.05) is 27.8 Å². The SMILES string of the molecule is CCCNC(C)c1ccc(SCCCO)c(Br)c1. The second kappa shape index (κ2) is 8.97. The van der Waals surface area contributed by atoms with Crippen LogP contribution < -0.4 is 5.32 Å². The van der Waals surface area contributed by atoms with Gasteiger partial charge in [-0.3, -0.25) is 0 Å². The van der Waals surface area contributed by atoms with Crippen molar-refractivity contribution in [3.63, 3.8) is 0 Å². The summed E-state index contributed by atoms with van der Waals surface area (Å²) in [5, 5.41) is 12.3. The summed E-state index contributed by atoms with van der Waals surface area (Å²) < 4.78 is 1.15. The second-order valence-electron chi connectivity index (χ2n) is 4.29. The van der Waals surface area contributed by atoms with Gasteiger partial charge in [0.05, 0.1) is 0 Å². The number of aliphatic hydroxyl groups excluding tert-OH is 1. The molecule has 102 valence electrons. The molecule has 0 spiro atoms. The Morgan fingerprint density at radius 2 is 2.22 bits per heavy atom. The maximum absolute atomic E-state index is 8.78. The highest BCUT2D eigenvalue weighted by atomic mass is 79.9. The van der Waals surface area contributed by atoms with Crippen molar-refractivity contribution in [1.82, 2.24) is 5.32 Å². The van der Waals surface area contributed by atoms with Crippen LogP contribution in [0.2, 0.25) is 0 Å². The van der Waals surface area contributed by atoms with E-state index in [0.717, 1.165) is 29.6 Å². The molecule has 2 N–H and O–H groups in total. The Balaban J connectivity index is 2.60. The molecule has 0 fully saturated rings. The number of aliphatic hydroxyl groups is 1. The van der Waals surface area contributed by atoms with Crippen molar-refractivity contribution < 1.29 is 5.11 Å². The monoisotopic (exact) mass is 331 g/mol. The minimum Gasteiger partial charge on any atom is -0.396 e. The predicted molar refractivity (Wildman–Crippen MR) is 83.3 cm³/mol. The van der Waals surface area contributed by atoms with Crippen LogP contribution in [0, 0.1) is 0 Å². The van der Waals surface area contributed by atoms with Crippen molar-refractivity contribution in [2.45, 2.75) is 37.6 Å². The molecule has 2 nitrogen and oxygen atoms in total. The van der Waals surface area contributed by atoms with Gasteiger partial charge in [-0.05, 0) is 59.9 Å². The van der Waals surface area contributed by atoms with E-state index in [1.807, 2.05) is 0 Å². The Morgan fingerprint density at radius 1 is 1.44 bits per heavy atom. The van der Waals surface area contributed by atoms with Crippen molar-refractivity contribution in [2.24, 2.45) is 0 Å². The maximum Gasteiger partial charge on any atom is 0.0439 e. The maximum atomic E-state index is 8.78. The van der Waals surface area contributed by atoms with Gasteiger partial charge in [-0.2, -0.15) is 0 Å². The van der Waals surface area contributed by atoms with Crippen LogP contribution in [0.25, 0.3) is 0 Å². The van der Waals surface area contributed by atoms with Gasteiger partial charge in [-0.25, -0.2) is 0 Å². The number of hydrogen-bond acceptors (Lipinski definition) is 3. The van der Waals surface area contributed by atoms with E-state index in [2.05, 4.69) is 53.3 Å². The van der Waals surface area contributed by atoms with Gasteiger partial charge < -0.3 is 10.4 Å². The normalized spacial score (nSPS) is 12.7. The molecule has 0 bridgehead atoms. The average Bonchev–Trinajstić information content (AvgIpc) is 2.38. The van der Waals surface area contributed by atoms with Crippen LogP contribution >= 0.6 is 27.7 Å². The predicted octanol–water partition coefficient (Wildman–Crippen LogP) is 3.98. The second-order valence-corrected chi connectivity index (χ2v) is 6.28. The summed E-state index contributed by atoms with van der Waals surface area (Å²) in [6.45, 7) is 5.68. The van der Waals surface area contributed by atoms with Crippen LogP contribution in [0.1, 0.15) is 38.3 Å². The molecule has 1 aromatic carbocycles. The Hall–Kier alpha value is -0.0300. The van der Waals surface area contributed by atoms with E-state index in [1.165, 1.54) is 10.5 Å². The highest BCUT2D eigenvalue weighted by molar-refractivity contribution is 9.10. The Labute approximate surface area is 123 Å². The topological polar surface area (TPSA) is 32.3 Å². The van der Waals surface area contributed by atoms with Crippen molar-refractivity contribution in [2.75, 3.05) is 18.9 Å². The zero-order valence-corrected chi connectivity index (χ0v) is 13.5. The molecule has 18 heavy (non-hydrogen) atoms. The largest absolute Gasteiger partial charge is 0.396 e. The zero-order valence-electron chi connectivity index (χ0n) is 11.1. The van der Waals surface area contributed by atoms with Crippen molar-refractivity contribution in [3.8, 4) is 0 Å². The molecule has 1 rings (SSSR count). The summed E-state index contributed by atoms with van der Waals surface area (Å²) in [4.78, 5) is 1.25. The number of rotatable bonds is 8. The number of thioether (sulfide) groups is 1. The minimum absolute atomic E-state index is 0.265. The molecule has 4 heteroatoms. The lowest BCUT2D eigenvalue weighted by Crippen LogP contribution is -2.19. The van der Waals surface area contributed by atoms with E-state index in [-0.39, 0.29) is 6.61 Å². The fourth-order valence-corrected chi connectivity index (χ4v) is 3.22. The van der Waals surface area contributed by atoms with E-state index in [0.29, 0.717) is 6.04 Å². The zero-order chi connectivity index (χ0) is 13.4. The van der Waals surface area contributed by atoms with Gasteiger partial charge in [0.25, 0.3) is 0 Å². The third-order valence-electron chi connectivity index (χ3n) is 2.72. The Morgan fingerprint density at radius 3 is 2.83 bits per heavy atom. The van der Waals surface area contributed by atoms with Gasteiger partial charge >= 0.3 is 0 Å². The number of nitrogens with one attached hydrogen (secondary N) is 1. The van der Waals surface area contributed by atoms with Gasteiger partial charge in [-0.1, -0.05) is 13.0 Å². The molecule has 0 saturated carbocycles. The first kappa shape index (κ1) is 16.0. The van der Waals surface area contributed by atoms with E-state index in [4.69, 9.17) is 5.11 Å². The van der Waals surface area contributed by atoms with E-state index < -0.39 is 0 Å². The molecular formula is C14H22BrNOS. The van der Waals surface area contributed by atoms with Crippen LogP contribution in [-0.4, -0.2) is 24.0 Å². The molecule has 1 unspecified atom stereocenters. The van der Waals surface area contributed by atoms with Crippen molar-refractivity contribution in [1.29, 1.82) is 0 Å². The first-order valence-corrected chi connectivity index (χ1v) is 8.23. The lowest BCUT2D eigenvalue weighted by molar-refractivity contribution is 0.296. The molecule has 0 aromatic heterocycles. The molecule has 0 saturated heterocycles. The molecule has 0 heterocycles. The number of benzene rings is 1. The first-order valence-electron chi connectivity index (χ1n) is 6.45. The smallest absolute Gasteiger partial charge is 0.0439 e. The summed E-state index contributed by atoms with van der Waals surface area (Å²) in [5.41, 5.74) is 1.31. The van der Waals surface area contributed by atoms with Gasteiger partial charge in [0.2, 0.25) is 0 Å². The highest BCUT2D eigenvalue weighted by Crippen LogP contribution is 2.30. The first-order chi connectivity index (χ1) is 8.69. The van der Waals surface area contributed by atoms with Crippen LogP contribution in [0.4, 0.5) is 0 Å². The summed E-state index contributed by atoms with van der Waals surface area (Å²) in [6.07, 6.45) is 1.99. The molecule has 0 aliphatic heterocycles. The molecule has 0 amide bonds. The lowest BCUT2D eigenvalue weighted by atomic mass is 10.1. The van der Waals surface area contributed by atoms with Crippen LogP contribution in [0.5, 0.6) is 0 Å². The standard InChI is InChI=1S/C14H22BrNOS/c1-3-7-16-11(2)12-5-6-14(13(15)10-12)18-9-4-8-17/h5-6,10-11,16-17H,3-4,7-9H2,1-2H3. The molecule has 0 radical (unpaired) electrons. The molecule has 0 aliphatic rings.